The van der Waals surface area contributed by atoms with Gasteiger partial charge in [-0.25, -0.2) is 4.98 Å². The van der Waals surface area contributed by atoms with Crippen LogP contribution in [0.4, 0.5) is 42.3 Å². The number of imidazole rings is 1. The van der Waals surface area contributed by atoms with Gasteiger partial charge in [0.1, 0.15) is 0 Å². The number of benzene rings is 2. The highest BCUT2D eigenvalue weighted by Gasteiger charge is 2.30. The number of nitrogens with one attached hydrogen (secondary N) is 4. The predicted octanol–water partition coefficient (Wildman–Crippen LogP) is 7.17. The molecule has 37 heavy (non-hydrogen) atoms. The Morgan fingerprint density at radius 1 is 0.838 bits per heavy atom. The molecule has 0 bridgehead atoms. The molecule has 0 saturated heterocycles. The Morgan fingerprint density at radius 2 is 1.59 bits per heavy atom. The Labute approximate surface area is 218 Å². The van der Waals surface area contributed by atoms with E-state index in [4.69, 9.17) is 23.2 Å². The summed E-state index contributed by atoms with van der Waals surface area (Å²) in [5, 5.41) is 9.95. The van der Waals surface area contributed by atoms with E-state index in [1.165, 1.54) is 12.1 Å². The number of alkyl halides is 3. The number of aromatic nitrogens is 5. The average Bonchev–Trinajstić information content (AvgIpc) is 3.28. The highest BCUT2D eigenvalue weighted by atomic mass is 35.5. The summed E-state index contributed by atoms with van der Waals surface area (Å²) in [5.41, 5.74) is 1.54. The summed E-state index contributed by atoms with van der Waals surface area (Å²) in [6.07, 6.45) is -2.77. The van der Waals surface area contributed by atoms with E-state index in [1.807, 2.05) is 18.2 Å². The van der Waals surface area contributed by atoms with Gasteiger partial charge in [0.25, 0.3) is 0 Å². The predicted molar refractivity (Wildman–Crippen MR) is 138 cm³/mol. The van der Waals surface area contributed by atoms with E-state index in [1.54, 1.807) is 24.4 Å². The van der Waals surface area contributed by atoms with Gasteiger partial charge in [-0.1, -0.05) is 35.3 Å². The van der Waals surface area contributed by atoms with E-state index >= 15 is 0 Å². The van der Waals surface area contributed by atoms with Crippen LogP contribution in [0.15, 0.2) is 66.9 Å². The van der Waals surface area contributed by atoms with Gasteiger partial charge in [0.05, 0.1) is 33.5 Å². The minimum absolute atomic E-state index is 0.249. The SMILES string of the molecule is FC(F)(F)c1ccc(Nc2nc(NCc3ccccn3)nc3[nH]c(Nc4c(Cl)cccc4Cl)nc23)cc1. The maximum absolute atomic E-state index is 13.0. The third kappa shape index (κ3) is 5.68. The summed E-state index contributed by atoms with van der Waals surface area (Å²) < 4.78 is 38.9. The Kier molecular flexibility index (Phi) is 6.72. The van der Waals surface area contributed by atoms with Crippen molar-refractivity contribution in [2.75, 3.05) is 16.0 Å². The van der Waals surface area contributed by atoms with Crippen molar-refractivity contribution in [1.82, 2.24) is 24.9 Å². The minimum Gasteiger partial charge on any atom is -0.348 e. The molecular formula is C24H17Cl2F3N8. The van der Waals surface area contributed by atoms with Gasteiger partial charge < -0.3 is 20.9 Å². The number of halogens is 5. The average molecular weight is 545 g/mol. The first-order chi connectivity index (χ1) is 17.8. The molecule has 4 N–H and O–H groups in total. The Hall–Kier alpha value is -4.09. The molecule has 0 fully saturated rings. The van der Waals surface area contributed by atoms with Crippen LogP contribution in [0, 0.1) is 0 Å². The third-order valence-electron chi connectivity index (χ3n) is 5.18. The number of fused-ring (bicyclic) bond motifs is 1. The fourth-order valence-corrected chi connectivity index (χ4v) is 3.90. The first kappa shape index (κ1) is 24.6. The van der Waals surface area contributed by atoms with Gasteiger partial charge in [0, 0.05) is 11.9 Å². The fourth-order valence-electron chi connectivity index (χ4n) is 3.41. The van der Waals surface area contributed by atoms with E-state index in [2.05, 4.69) is 40.9 Å². The summed E-state index contributed by atoms with van der Waals surface area (Å²) in [6.45, 7) is 0.348. The number of aromatic amines is 1. The van der Waals surface area contributed by atoms with Gasteiger partial charge in [0.15, 0.2) is 17.0 Å². The molecule has 0 unspecified atom stereocenters. The van der Waals surface area contributed by atoms with Crippen molar-refractivity contribution in [2.45, 2.75) is 12.7 Å². The van der Waals surface area contributed by atoms with E-state index in [-0.39, 0.29) is 17.7 Å². The van der Waals surface area contributed by atoms with Crippen LogP contribution in [0.3, 0.4) is 0 Å². The van der Waals surface area contributed by atoms with Crippen LogP contribution in [-0.4, -0.2) is 24.9 Å². The molecule has 188 valence electrons. The number of para-hydroxylation sites is 1. The molecule has 2 aromatic carbocycles. The van der Waals surface area contributed by atoms with E-state index in [0.717, 1.165) is 17.8 Å². The molecule has 0 atom stereocenters. The standard InChI is InChI=1S/C24H17Cl2F3N8/c25-16-5-3-6-17(26)18(16)33-23-34-19-20(32-14-9-7-13(8-10-14)24(27,28)29)35-22(36-21(19)37-23)31-12-15-4-1-2-11-30-15/h1-11H,12H2,(H4,31,32,33,34,35,36,37). The zero-order valence-electron chi connectivity index (χ0n) is 18.7. The number of hydrogen-bond acceptors (Lipinski definition) is 7. The van der Waals surface area contributed by atoms with Gasteiger partial charge in [-0.2, -0.15) is 23.1 Å². The monoisotopic (exact) mass is 544 g/mol. The zero-order valence-corrected chi connectivity index (χ0v) is 20.2. The lowest BCUT2D eigenvalue weighted by Gasteiger charge is -2.11. The number of hydrogen-bond donors (Lipinski definition) is 4. The maximum Gasteiger partial charge on any atom is 0.416 e. The molecule has 0 spiro atoms. The largest absolute Gasteiger partial charge is 0.416 e. The molecule has 5 rings (SSSR count). The second-order valence-corrected chi connectivity index (χ2v) is 8.59. The Balaban J connectivity index is 1.49. The lowest BCUT2D eigenvalue weighted by atomic mass is 10.2. The van der Waals surface area contributed by atoms with Crippen LogP contribution in [-0.2, 0) is 12.7 Å². The van der Waals surface area contributed by atoms with Crippen molar-refractivity contribution >= 4 is 63.5 Å². The smallest absolute Gasteiger partial charge is 0.348 e. The molecule has 0 aliphatic heterocycles. The van der Waals surface area contributed by atoms with Gasteiger partial charge >= 0.3 is 6.18 Å². The van der Waals surface area contributed by atoms with E-state index in [9.17, 15) is 13.2 Å². The second-order valence-electron chi connectivity index (χ2n) is 7.77. The maximum atomic E-state index is 13.0. The summed E-state index contributed by atoms with van der Waals surface area (Å²) in [4.78, 5) is 20.8. The third-order valence-corrected chi connectivity index (χ3v) is 5.81. The van der Waals surface area contributed by atoms with Crippen molar-refractivity contribution in [1.29, 1.82) is 0 Å². The molecule has 3 aromatic heterocycles. The van der Waals surface area contributed by atoms with Crippen molar-refractivity contribution in [3.63, 3.8) is 0 Å². The fraction of sp³-hybridized carbons (Fsp3) is 0.0833. The quantitative estimate of drug-likeness (QED) is 0.172. The molecule has 13 heteroatoms. The van der Waals surface area contributed by atoms with E-state index < -0.39 is 11.7 Å². The second kappa shape index (κ2) is 10.1. The van der Waals surface area contributed by atoms with Gasteiger partial charge in [0.2, 0.25) is 11.9 Å². The first-order valence-corrected chi connectivity index (χ1v) is 11.6. The highest BCUT2D eigenvalue weighted by Crippen LogP contribution is 2.34. The van der Waals surface area contributed by atoms with Crippen molar-refractivity contribution in [3.05, 3.63) is 88.2 Å². The summed E-state index contributed by atoms with van der Waals surface area (Å²) in [5.74, 6) is 0.804. The summed E-state index contributed by atoms with van der Waals surface area (Å²) >= 11 is 12.5. The van der Waals surface area contributed by atoms with Crippen molar-refractivity contribution in [2.24, 2.45) is 0 Å². The molecule has 0 aliphatic carbocycles. The van der Waals surface area contributed by atoms with Crippen LogP contribution >= 0.6 is 23.2 Å². The highest BCUT2D eigenvalue weighted by molar-refractivity contribution is 6.39. The number of pyridine rings is 1. The van der Waals surface area contributed by atoms with Crippen molar-refractivity contribution < 1.29 is 13.2 Å². The van der Waals surface area contributed by atoms with Gasteiger partial charge in [-0.3, -0.25) is 4.98 Å². The molecule has 5 aromatic rings. The Bertz CT molecular complexity index is 1520. The minimum atomic E-state index is -4.44. The van der Waals surface area contributed by atoms with E-state index in [0.29, 0.717) is 39.1 Å². The molecule has 8 nitrogen and oxygen atoms in total. The van der Waals surface area contributed by atoms with Gasteiger partial charge in [-0.05, 0) is 48.5 Å². The summed E-state index contributed by atoms with van der Waals surface area (Å²) in [7, 11) is 0. The lowest BCUT2D eigenvalue weighted by molar-refractivity contribution is -0.137. The number of rotatable bonds is 7. The van der Waals surface area contributed by atoms with Crippen LogP contribution in [0.5, 0.6) is 0 Å². The van der Waals surface area contributed by atoms with Crippen LogP contribution < -0.4 is 16.0 Å². The molecule has 0 aliphatic rings. The normalized spacial score (nSPS) is 11.5. The summed E-state index contributed by atoms with van der Waals surface area (Å²) in [6, 6.07) is 15.2. The first-order valence-electron chi connectivity index (χ1n) is 10.8. The number of nitrogens with zero attached hydrogens (tertiary/aromatic N) is 4. The number of H-pyrrole nitrogens is 1. The van der Waals surface area contributed by atoms with Crippen LogP contribution in [0.1, 0.15) is 11.3 Å². The Morgan fingerprint density at radius 3 is 2.27 bits per heavy atom. The van der Waals surface area contributed by atoms with Crippen LogP contribution in [0.2, 0.25) is 10.0 Å². The molecule has 0 radical (unpaired) electrons. The molecular weight excluding hydrogens is 528 g/mol. The van der Waals surface area contributed by atoms with Crippen LogP contribution in [0.25, 0.3) is 11.2 Å². The zero-order chi connectivity index (χ0) is 26.0. The van der Waals surface area contributed by atoms with Gasteiger partial charge in [-0.15, -0.1) is 0 Å². The molecule has 3 heterocycles. The molecule has 0 amide bonds. The number of anilines is 5. The van der Waals surface area contributed by atoms with Crippen molar-refractivity contribution in [3.8, 4) is 0 Å². The lowest BCUT2D eigenvalue weighted by Crippen LogP contribution is -2.07. The molecule has 0 saturated carbocycles. The topological polar surface area (TPSA) is 103 Å².